The van der Waals surface area contributed by atoms with E-state index >= 15 is 0 Å². The summed E-state index contributed by atoms with van der Waals surface area (Å²) in [6.45, 7) is 10.9. The topological polar surface area (TPSA) is 69.2 Å². The second-order valence-corrected chi connectivity index (χ2v) is 6.46. The molecule has 0 bridgehead atoms. The van der Waals surface area contributed by atoms with Crippen LogP contribution < -0.4 is 10.6 Å². The molecular weight excluding hydrogens is 294 g/mol. The number of hydrogen-bond donors (Lipinski definition) is 2. The second-order valence-electron chi connectivity index (χ2n) is 6.46. The number of hydrogen-bond acceptors (Lipinski definition) is 4. The summed E-state index contributed by atoms with van der Waals surface area (Å²) < 4.78 is 5.43. The quantitative estimate of drug-likeness (QED) is 0.414. The Balaban J connectivity index is 1.71. The number of nitrogens with one attached hydrogen (secondary N) is 2. The number of nitrogens with zero attached hydrogens (tertiary/aromatic N) is 3. The number of ether oxygens (including phenoxy) is 1. The highest BCUT2D eigenvalue weighted by molar-refractivity contribution is 5.80. The summed E-state index contributed by atoms with van der Waals surface area (Å²) in [6.07, 6.45) is 1.17. The summed E-state index contributed by atoms with van der Waals surface area (Å²) >= 11 is 0. The summed E-state index contributed by atoms with van der Waals surface area (Å²) in [7, 11) is 1.82. The van der Waals surface area contributed by atoms with Gasteiger partial charge in [-0.1, -0.05) is 13.8 Å². The molecule has 0 spiro atoms. The highest BCUT2D eigenvalue weighted by atomic mass is 16.5. The van der Waals surface area contributed by atoms with Gasteiger partial charge in [-0.3, -0.25) is 14.7 Å². The number of morpholine rings is 1. The van der Waals surface area contributed by atoms with Gasteiger partial charge in [0.15, 0.2) is 5.96 Å². The van der Waals surface area contributed by atoms with E-state index in [1.165, 1.54) is 6.42 Å². The molecule has 0 aromatic heterocycles. The van der Waals surface area contributed by atoms with Gasteiger partial charge in [0.05, 0.1) is 13.2 Å². The smallest absolute Gasteiger partial charge is 0.222 e. The maximum atomic E-state index is 11.5. The predicted octanol–water partition coefficient (Wildman–Crippen LogP) is -0.259. The summed E-state index contributed by atoms with van der Waals surface area (Å²) in [5.41, 5.74) is 0. The molecule has 0 aromatic rings. The van der Waals surface area contributed by atoms with E-state index in [0.717, 1.165) is 45.4 Å². The van der Waals surface area contributed by atoms with Crippen LogP contribution in [0.25, 0.3) is 0 Å². The van der Waals surface area contributed by atoms with Gasteiger partial charge in [-0.25, -0.2) is 0 Å². The van der Waals surface area contributed by atoms with Gasteiger partial charge in [0.25, 0.3) is 0 Å². The number of rotatable bonds is 5. The fraction of sp³-hybridized carbons (Fsp3) is 0.875. The lowest BCUT2D eigenvalue weighted by Gasteiger charge is -2.32. The van der Waals surface area contributed by atoms with Crippen molar-refractivity contribution in [3.05, 3.63) is 0 Å². The van der Waals surface area contributed by atoms with Gasteiger partial charge in [0, 0.05) is 58.3 Å². The third kappa shape index (κ3) is 5.35. The average molecular weight is 325 g/mol. The molecule has 0 aliphatic carbocycles. The molecular formula is C16H31N5O2. The van der Waals surface area contributed by atoms with Gasteiger partial charge >= 0.3 is 0 Å². The van der Waals surface area contributed by atoms with Crippen molar-refractivity contribution in [3.63, 3.8) is 0 Å². The lowest BCUT2D eigenvalue weighted by molar-refractivity contribution is -0.123. The zero-order valence-electron chi connectivity index (χ0n) is 14.7. The molecule has 2 aliphatic rings. The highest BCUT2D eigenvalue weighted by Gasteiger charge is 2.30. The average Bonchev–Trinajstić information content (AvgIpc) is 3.05. The van der Waals surface area contributed by atoms with Gasteiger partial charge in [-0.05, 0) is 6.42 Å². The Kier molecular flexibility index (Phi) is 7.11. The number of guanidine groups is 1. The van der Waals surface area contributed by atoms with Gasteiger partial charge in [-0.15, -0.1) is 0 Å². The van der Waals surface area contributed by atoms with E-state index in [0.29, 0.717) is 19.1 Å². The number of amides is 1. The van der Waals surface area contributed by atoms with Crippen LogP contribution in [0.4, 0.5) is 0 Å². The normalized spacial score (nSPS) is 23.4. The van der Waals surface area contributed by atoms with E-state index in [1.54, 1.807) is 0 Å². The predicted molar refractivity (Wildman–Crippen MR) is 91.6 cm³/mol. The molecule has 0 aromatic carbocycles. The fourth-order valence-corrected chi connectivity index (χ4v) is 3.07. The van der Waals surface area contributed by atoms with Crippen LogP contribution >= 0.6 is 0 Å². The molecule has 7 heteroatoms. The van der Waals surface area contributed by atoms with Crippen molar-refractivity contribution in [3.8, 4) is 0 Å². The van der Waals surface area contributed by atoms with E-state index in [1.807, 2.05) is 20.9 Å². The van der Waals surface area contributed by atoms with E-state index < -0.39 is 0 Å². The summed E-state index contributed by atoms with van der Waals surface area (Å²) in [5.74, 6) is 1.05. The molecule has 132 valence electrons. The van der Waals surface area contributed by atoms with Gasteiger partial charge < -0.3 is 20.3 Å². The number of aliphatic imine (C=N–C) groups is 1. The molecule has 23 heavy (non-hydrogen) atoms. The first kappa shape index (κ1) is 18.0. The van der Waals surface area contributed by atoms with E-state index in [9.17, 15) is 4.79 Å². The minimum Gasteiger partial charge on any atom is -0.379 e. The molecule has 2 heterocycles. The van der Waals surface area contributed by atoms with Gasteiger partial charge in [0.1, 0.15) is 0 Å². The lowest BCUT2D eigenvalue weighted by Crippen LogP contribution is -2.47. The zero-order valence-corrected chi connectivity index (χ0v) is 14.7. The first-order valence-electron chi connectivity index (χ1n) is 8.67. The van der Waals surface area contributed by atoms with E-state index in [2.05, 4.69) is 25.4 Å². The zero-order chi connectivity index (χ0) is 16.7. The van der Waals surface area contributed by atoms with Crippen LogP contribution in [-0.2, 0) is 9.53 Å². The molecule has 7 nitrogen and oxygen atoms in total. The van der Waals surface area contributed by atoms with Crippen LogP contribution in [0.2, 0.25) is 0 Å². The lowest BCUT2D eigenvalue weighted by atomic mass is 10.2. The Labute approximate surface area is 139 Å². The van der Waals surface area contributed by atoms with Crippen LogP contribution in [0, 0.1) is 5.92 Å². The molecule has 2 rings (SSSR count). The molecule has 1 amide bonds. The minimum atomic E-state index is 0.0298. The van der Waals surface area contributed by atoms with Gasteiger partial charge in [0.2, 0.25) is 5.91 Å². The van der Waals surface area contributed by atoms with Gasteiger partial charge in [-0.2, -0.15) is 0 Å². The first-order valence-corrected chi connectivity index (χ1v) is 8.67. The summed E-state index contributed by atoms with van der Waals surface area (Å²) in [6, 6.07) is 0.595. The molecule has 2 N–H and O–H groups in total. The molecule has 1 atom stereocenters. The van der Waals surface area contributed by atoms with Crippen molar-refractivity contribution in [2.24, 2.45) is 10.9 Å². The number of carbonyl (C=O) groups excluding carboxylic acids is 1. The Morgan fingerprint density at radius 1 is 1.22 bits per heavy atom. The minimum absolute atomic E-state index is 0.0298. The first-order chi connectivity index (χ1) is 11.1. The highest BCUT2D eigenvalue weighted by Crippen LogP contribution is 2.16. The fourth-order valence-electron chi connectivity index (χ4n) is 3.07. The molecule has 1 unspecified atom stereocenters. The Hall–Kier alpha value is -1.34. The van der Waals surface area contributed by atoms with Crippen LogP contribution in [-0.4, -0.2) is 87.2 Å². The van der Waals surface area contributed by atoms with Crippen LogP contribution in [0.1, 0.15) is 20.3 Å². The standard InChI is InChI=1S/C16H31N5O2/c1-13(2)15(22)18-5-6-19-16(17-3)21-7-4-14(12-21)20-8-10-23-11-9-20/h13-14H,4-12H2,1-3H3,(H,17,19)(H,18,22). The Bertz CT molecular complexity index is 407. The summed E-state index contributed by atoms with van der Waals surface area (Å²) in [5, 5.41) is 6.26. The largest absolute Gasteiger partial charge is 0.379 e. The van der Waals surface area contributed by atoms with E-state index in [-0.39, 0.29) is 11.8 Å². The van der Waals surface area contributed by atoms with Crippen molar-refractivity contribution in [1.29, 1.82) is 0 Å². The SMILES string of the molecule is CN=C(NCCNC(=O)C(C)C)N1CCC(N2CCOCC2)C1. The van der Waals surface area contributed by atoms with Crippen molar-refractivity contribution in [2.75, 3.05) is 59.5 Å². The summed E-state index contributed by atoms with van der Waals surface area (Å²) in [4.78, 5) is 20.8. The third-order valence-corrected chi connectivity index (χ3v) is 4.47. The van der Waals surface area contributed by atoms with Crippen molar-refractivity contribution in [2.45, 2.75) is 26.3 Å². The second kappa shape index (κ2) is 9.08. The van der Waals surface area contributed by atoms with Crippen molar-refractivity contribution < 1.29 is 9.53 Å². The molecule has 0 radical (unpaired) electrons. The van der Waals surface area contributed by atoms with Crippen LogP contribution in [0.3, 0.4) is 0 Å². The molecule has 2 saturated heterocycles. The molecule has 2 fully saturated rings. The van der Waals surface area contributed by atoms with Crippen molar-refractivity contribution in [1.82, 2.24) is 20.4 Å². The third-order valence-electron chi connectivity index (χ3n) is 4.47. The Morgan fingerprint density at radius 3 is 2.57 bits per heavy atom. The molecule has 0 saturated carbocycles. The molecule has 2 aliphatic heterocycles. The maximum absolute atomic E-state index is 11.5. The number of likely N-dealkylation sites (tertiary alicyclic amines) is 1. The van der Waals surface area contributed by atoms with Crippen LogP contribution in [0.15, 0.2) is 4.99 Å². The number of carbonyl (C=O) groups is 1. The Morgan fingerprint density at radius 2 is 1.91 bits per heavy atom. The van der Waals surface area contributed by atoms with E-state index in [4.69, 9.17) is 4.74 Å². The monoisotopic (exact) mass is 325 g/mol. The maximum Gasteiger partial charge on any atom is 0.222 e. The van der Waals surface area contributed by atoms with Crippen LogP contribution in [0.5, 0.6) is 0 Å². The van der Waals surface area contributed by atoms with Crippen molar-refractivity contribution >= 4 is 11.9 Å².